The lowest BCUT2D eigenvalue weighted by atomic mass is 10.2. The van der Waals surface area contributed by atoms with Gasteiger partial charge in [-0.1, -0.05) is 18.8 Å². The molecule has 13 heavy (non-hydrogen) atoms. The van der Waals surface area contributed by atoms with Gasteiger partial charge in [0.15, 0.2) is 0 Å². The van der Waals surface area contributed by atoms with Gasteiger partial charge in [0.05, 0.1) is 6.04 Å². The number of rotatable bonds is 7. The molecule has 0 aromatic rings. The van der Waals surface area contributed by atoms with E-state index in [-0.39, 0.29) is 6.04 Å². The van der Waals surface area contributed by atoms with Gasteiger partial charge in [-0.05, 0) is 32.9 Å². The highest BCUT2D eigenvalue weighted by atomic mass is 14.9. The van der Waals surface area contributed by atoms with Gasteiger partial charge in [-0.25, -0.2) is 0 Å². The van der Waals surface area contributed by atoms with E-state index in [0.29, 0.717) is 0 Å². The molecular formula is C10H21N3. The van der Waals surface area contributed by atoms with E-state index in [1.54, 1.807) is 0 Å². The fourth-order valence-electron chi connectivity index (χ4n) is 1.12. The Balaban J connectivity index is 3.10. The average molecular weight is 183 g/mol. The Kier molecular flexibility index (Phi) is 8.85. The number of nitrogens with two attached hydrogens (primary N) is 2. The van der Waals surface area contributed by atoms with Crippen LogP contribution in [0, 0.1) is 12.0 Å². The van der Waals surface area contributed by atoms with E-state index in [2.05, 4.69) is 17.3 Å². The van der Waals surface area contributed by atoms with Gasteiger partial charge < -0.3 is 16.8 Å². The Labute approximate surface area is 81.3 Å². The van der Waals surface area contributed by atoms with Gasteiger partial charge in [-0.2, -0.15) is 0 Å². The number of nitrogens with one attached hydrogen (secondary N) is 1. The fraction of sp³-hybridized carbons (Fsp3) is 0.800. The van der Waals surface area contributed by atoms with E-state index in [1.165, 1.54) is 19.3 Å². The zero-order valence-electron chi connectivity index (χ0n) is 8.47. The molecule has 0 amide bonds. The first-order valence-corrected chi connectivity index (χ1v) is 4.96. The number of hydrogen-bond donors (Lipinski definition) is 3. The molecule has 3 heteroatoms. The van der Waals surface area contributed by atoms with Crippen LogP contribution in [0.3, 0.4) is 0 Å². The molecule has 0 saturated carbocycles. The minimum atomic E-state index is 0.208. The molecular weight excluding hydrogens is 162 g/mol. The van der Waals surface area contributed by atoms with Gasteiger partial charge in [0.1, 0.15) is 0 Å². The summed E-state index contributed by atoms with van der Waals surface area (Å²) in [5.41, 5.74) is 10.5. The molecule has 0 bridgehead atoms. The summed E-state index contributed by atoms with van der Waals surface area (Å²) in [4.78, 5) is 0. The maximum Gasteiger partial charge on any atom is 0.0679 e. The molecule has 1 atom stereocenters. The molecule has 0 aliphatic carbocycles. The largest absolute Gasteiger partial charge is 0.359 e. The second-order valence-electron chi connectivity index (χ2n) is 3.17. The monoisotopic (exact) mass is 183 g/mol. The Hall–Kier alpha value is -0.720. The summed E-state index contributed by atoms with van der Waals surface area (Å²) in [6.07, 6.45) is 4.80. The van der Waals surface area contributed by atoms with Crippen LogP contribution in [0.25, 0.3) is 0 Å². The standard InChI is InChI=1S/C10H21N3/c1-10(6-8-12)13-9-5-3-2-4-7-11/h10,13H,2-5,7,9,11-12H2,1H3. The van der Waals surface area contributed by atoms with E-state index in [0.717, 1.165) is 19.5 Å². The molecule has 0 aliphatic heterocycles. The van der Waals surface area contributed by atoms with Crippen LogP contribution < -0.4 is 16.8 Å². The number of hydrogen-bond acceptors (Lipinski definition) is 3. The van der Waals surface area contributed by atoms with Crippen LogP contribution in [0.1, 0.15) is 32.6 Å². The predicted octanol–water partition coefficient (Wildman–Crippen LogP) is 0.403. The van der Waals surface area contributed by atoms with Crippen LogP contribution in [-0.2, 0) is 0 Å². The summed E-state index contributed by atoms with van der Waals surface area (Å²) in [5.74, 6) is 2.84. The molecule has 0 spiro atoms. The molecule has 0 heterocycles. The average Bonchev–Trinajstić information content (AvgIpc) is 2.11. The minimum absolute atomic E-state index is 0.208. The Bertz CT molecular complexity index is 157. The Morgan fingerprint density at radius 1 is 1.23 bits per heavy atom. The van der Waals surface area contributed by atoms with Crippen molar-refractivity contribution in [3.8, 4) is 12.0 Å². The molecule has 0 aromatic heterocycles. The highest BCUT2D eigenvalue weighted by Crippen LogP contribution is 1.97. The first-order valence-electron chi connectivity index (χ1n) is 4.96. The zero-order chi connectivity index (χ0) is 9.94. The molecule has 0 rings (SSSR count). The SMILES string of the molecule is CC(C#CN)NCCCCCCN. The van der Waals surface area contributed by atoms with Gasteiger partial charge in [0.2, 0.25) is 0 Å². The normalized spacial score (nSPS) is 11.8. The third-order valence-electron chi connectivity index (χ3n) is 1.88. The van der Waals surface area contributed by atoms with E-state index >= 15 is 0 Å². The van der Waals surface area contributed by atoms with Gasteiger partial charge in [-0.3, -0.25) is 0 Å². The highest BCUT2D eigenvalue weighted by molar-refractivity contribution is 5.02. The molecule has 0 fully saturated rings. The summed E-state index contributed by atoms with van der Waals surface area (Å²) in [7, 11) is 0. The van der Waals surface area contributed by atoms with Crippen molar-refractivity contribution in [3.05, 3.63) is 0 Å². The van der Waals surface area contributed by atoms with Crippen molar-refractivity contribution in [1.82, 2.24) is 5.32 Å². The summed E-state index contributed by atoms with van der Waals surface area (Å²) in [6.45, 7) is 3.84. The van der Waals surface area contributed by atoms with Crippen LogP contribution >= 0.6 is 0 Å². The van der Waals surface area contributed by atoms with Gasteiger partial charge in [0, 0.05) is 6.04 Å². The molecule has 5 N–H and O–H groups in total. The molecule has 0 saturated heterocycles. The molecule has 76 valence electrons. The van der Waals surface area contributed by atoms with E-state index in [9.17, 15) is 0 Å². The van der Waals surface area contributed by atoms with Crippen molar-refractivity contribution in [3.63, 3.8) is 0 Å². The van der Waals surface area contributed by atoms with Crippen molar-refractivity contribution in [1.29, 1.82) is 0 Å². The zero-order valence-corrected chi connectivity index (χ0v) is 8.47. The first kappa shape index (κ1) is 12.3. The fourth-order valence-corrected chi connectivity index (χ4v) is 1.12. The van der Waals surface area contributed by atoms with Crippen LogP contribution in [-0.4, -0.2) is 19.1 Å². The lowest BCUT2D eigenvalue weighted by Crippen LogP contribution is -2.25. The van der Waals surface area contributed by atoms with Crippen molar-refractivity contribution in [2.45, 2.75) is 38.6 Å². The van der Waals surface area contributed by atoms with Crippen molar-refractivity contribution < 1.29 is 0 Å². The summed E-state index contributed by atoms with van der Waals surface area (Å²) < 4.78 is 0. The van der Waals surface area contributed by atoms with E-state index in [1.807, 2.05) is 6.92 Å². The third-order valence-corrected chi connectivity index (χ3v) is 1.88. The summed E-state index contributed by atoms with van der Waals surface area (Å²) in [5, 5.41) is 3.28. The van der Waals surface area contributed by atoms with Crippen LogP contribution in [0.5, 0.6) is 0 Å². The lowest BCUT2D eigenvalue weighted by Gasteiger charge is -2.06. The topological polar surface area (TPSA) is 64.1 Å². The van der Waals surface area contributed by atoms with Gasteiger partial charge >= 0.3 is 0 Å². The predicted molar refractivity (Wildman–Crippen MR) is 57.0 cm³/mol. The summed E-state index contributed by atoms with van der Waals surface area (Å²) in [6, 6.07) is 2.61. The number of unbranched alkanes of at least 4 members (excludes halogenated alkanes) is 3. The van der Waals surface area contributed by atoms with Crippen LogP contribution in [0.2, 0.25) is 0 Å². The highest BCUT2D eigenvalue weighted by Gasteiger charge is 1.94. The molecule has 1 unspecified atom stereocenters. The minimum Gasteiger partial charge on any atom is -0.359 e. The molecule has 0 radical (unpaired) electrons. The Morgan fingerprint density at radius 3 is 2.54 bits per heavy atom. The van der Waals surface area contributed by atoms with Crippen LogP contribution in [0.4, 0.5) is 0 Å². The quantitative estimate of drug-likeness (QED) is 0.304. The van der Waals surface area contributed by atoms with Gasteiger partial charge in [0.25, 0.3) is 0 Å². The van der Waals surface area contributed by atoms with Crippen molar-refractivity contribution in [2.75, 3.05) is 13.1 Å². The molecule has 3 nitrogen and oxygen atoms in total. The van der Waals surface area contributed by atoms with E-state index in [4.69, 9.17) is 11.5 Å². The van der Waals surface area contributed by atoms with Crippen molar-refractivity contribution in [2.24, 2.45) is 11.5 Å². The van der Waals surface area contributed by atoms with Crippen LogP contribution in [0.15, 0.2) is 0 Å². The maximum absolute atomic E-state index is 5.38. The first-order chi connectivity index (χ1) is 6.31. The third kappa shape index (κ3) is 9.19. The van der Waals surface area contributed by atoms with Crippen molar-refractivity contribution >= 4 is 0 Å². The Morgan fingerprint density at radius 2 is 1.92 bits per heavy atom. The smallest absolute Gasteiger partial charge is 0.0679 e. The maximum atomic E-state index is 5.38. The lowest BCUT2D eigenvalue weighted by molar-refractivity contribution is 0.573. The second-order valence-corrected chi connectivity index (χ2v) is 3.17. The summed E-state index contributed by atoms with van der Waals surface area (Å²) >= 11 is 0. The second kappa shape index (κ2) is 9.37. The van der Waals surface area contributed by atoms with E-state index < -0.39 is 0 Å². The molecule has 0 aromatic carbocycles. The van der Waals surface area contributed by atoms with Gasteiger partial charge in [-0.15, -0.1) is 0 Å². The molecule has 0 aliphatic rings.